The first-order chi connectivity index (χ1) is 10.6. The molecule has 0 spiro atoms. The summed E-state index contributed by atoms with van der Waals surface area (Å²) in [6, 6.07) is 0.237. The van der Waals surface area contributed by atoms with Crippen LogP contribution in [0.4, 0.5) is 0 Å². The van der Waals surface area contributed by atoms with Gasteiger partial charge in [0.15, 0.2) is 9.84 Å². The highest BCUT2D eigenvalue weighted by Gasteiger charge is 2.32. The summed E-state index contributed by atoms with van der Waals surface area (Å²) in [4.78, 5) is 2.37. The van der Waals surface area contributed by atoms with Gasteiger partial charge in [-0.3, -0.25) is 4.90 Å². The van der Waals surface area contributed by atoms with Gasteiger partial charge in [-0.15, -0.1) is 0 Å². The van der Waals surface area contributed by atoms with Crippen LogP contribution in [0.1, 0.15) is 44.9 Å². The van der Waals surface area contributed by atoms with Crippen LogP contribution in [0, 0.1) is 0 Å². The largest absolute Gasteiger partial charge is 0.376 e. The Bertz CT molecular complexity index is 439. The van der Waals surface area contributed by atoms with Crippen LogP contribution in [-0.4, -0.2) is 69.4 Å². The van der Waals surface area contributed by atoms with Gasteiger partial charge in [0.25, 0.3) is 0 Å². The zero-order valence-corrected chi connectivity index (χ0v) is 14.2. The molecule has 128 valence electrons. The number of hydrogen-bond acceptors (Lipinski definition) is 5. The average Bonchev–Trinajstić information content (AvgIpc) is 2.53. The van der Waals surface area contributed by atoms with E-state index < -0.39 is 9.84 Å². The van der Waals surface area contributed by atoms with Crippen LogP contribution in [0.5, 0.6) is 0 Å². The lowest BCUT2D eigenvalue weighted by atomic mass is 10.0. The third kappa shape index (κ3) is 4.66. The zero-order valence-electron chi connectivity index (χ0n) is 13.4. The standard InChI is InChI=1S/C16H29NO4S/c18-22(19)11-3-4-14(13-22)17-8-6-15(7-9-17)21-12-16-5-1-2-10-20-16/h14-16H,1-13H2. The Morgan fingerprint density at radius 2 is 1.86 bits per heavy atom. The first kappa shape index (κ1) is 16.7. The van der Waals surface area contributed by atoms with E-state index >= 15 is 0 Å². The fourth-order valence-corrected chi connectivity index (χ4v) is 5.61. The van der Waals surface area contributed by atoms with Gasteiger partial charge < -0.3 is 9.47 Å². The quantitative estimate of drug-likeness (QED) is 0.783. The predicted octanol–water partition coefficient (Wildman–Crippen LogP) is 1.61. The third-order valence-corrected chi connectivity index (χ3v) is 7.03. The summed E-state index contributed by atoms with van der Waals surface area (Å²) in [6.07, 6.45) is 8.05. The number of likely N-dealkylation sites (tertiary alicyclic amines) is 1. The van der Waals surface area contributed by atoms with Crippen molar-refractivity contribution in [1.82, 2.24) is 4.90 Å². The summed E-state index contributed by atoms with van der Waals surface area (Å²) < 4.78 is 35.3. The smallest absolute Gasteiger partial charge is 0.151 e. The summed E-state index contributed by atoms with van der Waals surface area (Å²) in [6.45, 7) is 3.54. The molecule has 0 aromatic rings. The van der Waals surface area contributed by atoms with Gasteiger partial charge in [0.1, 0.15) is 0 Å². The highest BCUT2D eigenvalue weighted by Crippen LogP contribution is 2.23. The fraction of sp³-hybridized carbons (Fsp3) is 1.00. The molecule has 0 aromatic carbocycles. The molecule has 2 atom stereocenters. The van der Waals surface area contributed by atoms with Crippen LogP contribution in [0.2, 0.25) is 0 Å². The molecule has 0 bridgehead atoms. The number of ether oxygens (including phenoxy) is 2. The van der Waals surface area contributed by atoms with Crippen molar-refractivity contribution in [3.05, 3.63) is 0 Å². The molecule has 6 heteroatoms. The van der Waals surface area contributed by atoms with Gasteiger partial charge >= 0.3 is 0 Å². The van der Waals surface area contributed by atoms with E-state index in [0.717, 1.165) is 58.4 Å². The zero-order chi connectivity index (χ0) is 15.4. The number of hydrogen-bond donors (Lipinski definition) is 0. The van der Waals surface area contributed by atoms with Crippen molar-refractivity contribution in [2.75, 3.05) is 37.8 Å². The van der Waals surface area contributed by atoms with Gasteiger partial charge in [0.2, 0.25) is 0 Å². The first-order valence-corrected chi connectivity index (χ1v) is 10.6. The lowest BCUT2D eigenvalue weighted by Gasteiger charge is -2.39. The van der Waals surface area contributed by atoms with Crippen LogP contribution in [-0.2, 0) is 19.3 Å². The number of piperidine rings is 1. The van der Waals surface area contributed by atoms with Gasteiger partial charge in [-0.2, -0.15) is 0 Å². The van der Waals surface area contributed by atoms with Crippen molar-refractivity contribution in [2.24, 2.45) is 0 Å². The summed E-state index contributed by atoms with van der Waals surface area (Å²) in [5.41, 5.74) is 0. The summed E-state index contributed by atoms with van der Waals surface area (Å²) in [5, 5.41) is 0. The van der Waals surface area contributed by atoms with Crippen LogP contribution in [0.15, 0.2) is 0 Å². The van der Waals surface area contributed by atoms with E-state index in [1.54, 1.807) is 0 Å². The Morgan fingerprint density at radius 3 is 2.55 bits per heavy atom. The third-order valence-electron chi connectivity index (χ3n) is 5.22. The number of rotatable bonds is 4. The molecule has 0 N–H and O–H groups in total. The minimum absolute atomic E-state index is 0.237. The summed E-state index contributed by atoms with van der Waals surface area (Å²) in [7, 11) is -2.81. The maximum Gasteiger partial charge on any atom is 0.151 e. The Kier molecular flexibility index (Phi) is 5.76. The summed E-state index contributed by atoms with van der Waals surface area (Å²) >= 11 is 0. The SMILES string of the molecule is O=S1(=O)CCCC(N2CCC(OCC3CCCCO3)CC2)C1. The molecule has 0 radical (unpaired) electrons. The fourth-order valence-electron chi connectivity index (χ4n) is 3.88. The molecule has 0 amide bonds. The summed E-state index contributed by atoms with van der Waals surface area (Å²) in [5.74, 6) is 0.735. The first-order valence-electron chi connectivity index (χ1n) is 8.80. The van der Waals surface area contributed by atoms with Gasteiger partial charge in [-0.25, -0.2) is 8.42 Å². The average molecular weight is 331 g/mol. The Labute approximate surface area is 134 Å². The molecule has 3 rings (SSSR count). The second-order valence-electron chi connectivity index (χ2n) is 6.97. The number of sulfone groups is 1. The van der Waals surface area contributed by atoms with E-state index in [4.69, 9.17) is 9.47 Å². The molecule has 3 aliphatic rings. The predicted molar refractivity (Wildman–Crippen MR) is 85.8 cm³/mol. The Hall–Kier alpha value is -0.170. The van der Waals surface area contributed by atoms with Crippen molar-refractivity contribution in [1.29, 1.82) is 0 Å². The van der Waals surface area contributed by atoms with Crippen molar-refractivity contribution in [2.45, 2.75) is 63.2 Å². The molecule has 22 heavy (non-hydrogen) atoms. The lowest BCUT2D eigenvalue weighted by molar-refractivity contribution is -0.0768. The van der Waals surface area contributed by atoms with Gasteiger partial charge in [0, 0.05) is 25.7 Å². The highest BCUT2D eigenvalue weighted by atomic mass is 32.2. The second-order valence-corrected chi connectivity index (χ2v) is 9.20. The lowest BCUT2D eigenvalue weighted by Crippen LogP contribution is -2.48. The van der Waals surface area contributed by atoms with E-state index in [-0.39, 0.29) is 12.1 Å². The molecule has 5 nitrogen and oxygen atoms in total. The van der Waals surface area contributed by atoms with Crippen molar-refractivity contribution in [3.8, 4) is 0 Å². The molecule has 3 fully saturated rings. The van der Waals surface area contributed by atoms with E-state index in [1.165, 1.54) is 12.8 Å². The van der Waals surface area contributed by atoms with E-state index in [2.05, 4.69) is 4.90 Å². The Morgan fingerprint density at radius 1 is 1.05 bits per heavy atom. The molecular weight excluding hydrogens is 302 g/mol. The van der Waals surface area contributed by atoms with Gasteiger partial charge in [0.05, 0.1) is 30.3 Å². The molecular formula is C16H29NO4S. The van der Waals surface area contributed by atoms with Crippen LogP contribution in [0.3, 0.4) is 0 Å². The maximum atomic E-state index is 11.8. The topological polar surface area (TPSA) is 55.8 Å². The van der Waals surface area contributed by atoms with Crippen molar-refractivity contribution >= 4 is 9.84 Å². The van der Waals surface area contributed by atoms with Gasteiger partial charge in [-0.1, -0.05) is 0 Å². The molecule has 0 aliphatic carbocycles. The van der Waals surface area contributed by atoms with Gasteiger partial charge in [-0.05, 0) is 44.9 Å². The molecule has 0 saturated carbocycles. The molecule has 0 aromatic heterocycles. The van der Waals surface area contributed by atoms with Crippen molar-refractivity contribution in [3.63, 3.8) is 0 Å². The molecule has 3 aliphatic heterocycles. The van der Waals surface area contributed by atoms with Crippen molar-refractivity contribution < 1.29 is 17.9 Å². The normalized spacial score (nSPS) is 34.5. The van der Waals surface area contributed by atoms with E-state index in [0.29, 0.717) is 17.6 Å². The highest BCUT2D eigenvalue weighted by molar-refractivity contribution is 7.91. The van der Waals surface area contributed by atoms with E-state index in [1.807, 2.05) is 0 Å². The van der Waals surface area contributed by atoms with Crippen LogP contribution < -0.4 is 0 Å². The molecule has 2 unspecified atom stereocenters. The minimum atomic E-state index is -2.81. The second kappa shape index (κ2) is 7.60. The van der Waals surface area contributed by atoms with Crippen LogP contribution >= 0.6 is 0 Å². The number of nitrogens with zero attached hydrogens (tertiary/aromatic N) is 1. The molecule has 3 heterocycles. The molecule has 3 saturated heterocycles. The van der Waals surface area contributed by atoms with E-state index in [9.17, 15) is 8.42 Å². The maximum absolute atomic E-state index is 11.8. The Balaban J connectivity index is 1.38. The van der Waals surface area contributed by atoms with Crippen LogP contribution in [0.25, 0.3) is 0 Å². The minimum Gasteiger partial charge on any atom is -0.376 e. The monoisotopic (exact) mass is 331 g/mol.